The Balaban J connectivity index is 2.02. The van der Waals surface area contributed by atoms with Gasteiger partial charge in [-0.3, -0.25) is 4.79 Å². The molecule has 3 nitrogen and oxygen atoms in total. The first kappa shape index (κ1) is 13.6. The minimum absolute atomic E-state index is 0.327. The molecule has 0 spiro atoms. The summed E-state index contributed by atoms with van der Waals surface area (Å²) >= 11 is 0. The topological polar surface area (TPSA) is 40.5 Å². The van der Waals surface area contributed by atoms with Crippen LogP contribution in [-0.2, 0) is 10.4 Å². The molecular formula is C18H17NO2. The van der Waals surface area contributed by atoms with Gasteiger partial charge in [-0.15, -0.1) is 0 Å². The van der Waals surface area contributed by atoms with E-state index < -0.39 is 5.60 Å². The maximum Gasteiger partial charge on any atom is 0.268 e. The monoisotopic (exact) mass is 279 g/mol. The highest BCUT2D eigenvalue weighted by atomic mass is 16.3. The van der Waals surface area contributed by atoms with Crippen LogP contribution in [0.5, 0.6) is 0 Å². The van der Waals surface area contributed by atoms with Crippen molar-refractivity contribution in [3.63, 3.8) is 0 Å². The van der Waals surface area contributed by atoms with Crippen molar-refractivity contribution in [2.75, 3.05) is 11.4 Å². The maximum absolute atomic E-state index is 12.7. The van der Waals surface area contributed by atoms with Gasteiger partial charge in [-0.1, -0.05) is 54.6 Å². The highest BCUT2D eigenvalue weighted by Crippen LogP contribution is 2.38. The number of rotatable bonds is 2. The summed E-state index contributed by atoms with van der Waals surface area (Å²) in [4.78, 5) is 14.3. The van der Waals surface area contributed by atoms with Crippen molar-refractivity contribution in [3.05, 3.63) is 77.9 Å². The van der Waals surface area contributed by atoms with Crippen LogP contribution in [0.3, 0.4) is 0 Å². The van der Waals surface area contributed by atoms with E-state index in [1.807, 2.05) is 49.4 Å². The van der Waals surface area contributed by atoms with Crippen molar-refractivity contribution in [3.8, 4) is 0 Å². The lowest BCUT2D eigenvalue weighted by Crippen LogP contribution is -2.38. The van der Waals surface area contributed by atoms with E-state index >= 15 is 0 Å². The molecule has 1 fully saturated rings. The lowest BCUT2D eigenvalue weighted by Gasteiger charge is -2.23. The van der Waals surface area contributed by atoms with Gasteiger partial charge in [0.15, 0.2) is 5.60 Å². The van der Waals surface area contributed by atoms with E-state index in [0.717, 1.165) is 11.3 Å². The molecule has 1 aliphatic rings. The fraction of sp³-hybridized carbons (Fsp3) is 0.167. The Hall–Kier alpha value is -2.39. The third-order valence-electron chi connectivity index (χ3n) is 3.95. The zero-order valence-electron chi connectivity index (χ0n) is 11.9. The van der Waals surface area contributed by atoms with Crippen molar-refractivity contribution in [1.82, 2.24) is 0 Å². The molecule has 0 bridgehead atoms. The Labute approximate surface area is 124 Å². The summed E-state index contributed by atoms with van der Waals surface area (Å²) < 4.78 is 0. The molecule has 2 aromatic carbocycles. The molecule has 1 amide bonds. The number of carbonyl (C=O) groups excluding carboxylic acids is 1. The summed E-state index contributed by atoms with van der Waals surface area (Å²) in [5, 5.41) is 10.9. The number of carbonyl (C=O) groups is 1. The molecule has 3 rings (SSSR count). The number of hydrogen-bond acceptors (Lipinski definition) is 2. The molecule has 1 aliphatic heterocycles. The lowest BCUT2D eigenvalue weighted by atomic mass is 9.88. The summed E-state index contributed by atoms with van der Waals surface area (Å²) in [5.74, 6) is -0.345. The summed E-state index contributed by atoms with van der Waals surface area (Å²) in [6.45, 7) is 6.21. The normalized spacial score (nSPS) is 21.9. The quantitative estimate of drug-likeness (QED) is 0.859. The summed E-state index contributed by atoms with van der Waals surface area (Å²) in [7, 11) is 0. The number of para-hydroxylation sites is 1. The molecule has 1 heterocycles. The van der Waals surface area contributed by atoms with Crippen LogP contribution in [-0.4, -0.2) is 17.6 Å². The second kappa shape index (κ2) is 4.86. The fourth-order valence-corrected chi connectivity index (χ4v) is 2.66. The number of aryl methyl sites for hydroxylation is 1. The Morgan fingerprint density at radius 1 is 1.10 bits per heavy atom. The van der Waals surface area contributed by atoms with Gasteiger partial charge < -0.3 is 10.0 Å². The van der Waals surface area contributed by atoms with Crippen molar-refractivity contribution < 1.29 is 9.90 Å². The lowest BCUT2D eigenvalue weighted by molar-refractivity contribution is -0.131. The highest BCUT2D eigenvalue weighted by molar-refractivity contribution is 6.06. The average molecular weight is 279 g/mol. The molecule has 1 saturated heterocycles. The molecule has 0 saturated carbocycles. The smallest absolute Gasteiger partial charge is 0.268 e. The third-order valence-corrected chi connectivity index (χ3v) is 3.95. The predicted octanol–water partition coefficient (Wildman–Crippen LogP) is 2.79. The van der Waals surface area contributed by atoms with Crippen molar-refractivity contribution >= 4 is 11.6 Å². The molecule has 1 N–H and O–H groups in total. The van der Waals surface area contributed by atoms with Crippen LogP contribution in [0, 0.1) is 6.92 Å². The second-order valence-corrected chi connectivity index (χ2v) is 5.41. The minimum Gasteiger partial charge on any atom is -0.372 e. The van der Waals surface area contributed by atoms with Crippen LogP contribution in [0.25, 0.3) is 0 Å². The molecule has 1 atom stereocenters. The molecule has 2 aromatic rings. The maximum atomic E-state index is 12.7. The van der Waals surface area contributed by atoms with Crippen LogP contribution < -0.4 is 4.90 Å². The minimum atomic E-state index is -1.64. The largest absolute Gasteiger partial charge is 0.372 e. The zero-order chi connectivity index (χ0) is 15.0. The van der Waals surface area contributed by atoms with Crippen molar-refractivity contribution in [1.29, 1.82) is 0 Å². The number of amides is 1. The Kier molecular flexibility index (Phi) is 3.15. The molecule has 3 heteroatoms. The van der Waals surface area contributed by atoms with E-state index in [0.29, 0.717) is 17.7 Å². The van der Waals surface area contributed by atoms with Gasteiger partial charge in [-0.2, -0.15) is 0 Å². The van der Waals surface area contributed by atoms with E-state index in [2.05, 4.69) is 6.58 Å². The fourth-order valence-electron chi connectivity index (χ4n) is 2.66. The molecular weight excluding hydrogens is 262 g/mol. The van der Waals surface area contributed by atoms with E-state index in [4.69, 9.17) is 0 Å². The Morgan fingerprint density at radius 3 is 2.33 bits per heavy atom. The van der Waals surface area contributed by atoms with Crippen molar-refractivity contribution in [2.24, 2.45) is 0 Å². The van der Waals surface area contributed by atoms with Crippen molar-refractivity contribution in [2.45, 2.75) is 12.5 Å². The molecule has 0 radical (unpaired) electrons. The Bertz CT molecular complexity index is 691. The molecule has 0 aromatic heterocycles. The van der Waals surface area contributed by atoms with Gasteiger partial charge in [0.2, 0.25) is 0 Å². The van der Waals surface area contributed by atoms with Gasteiger partial charge in [0.1, 0.15) is 0 Å². The Morgan fingerprint density at radius 2 is 1.71 bits per heavy atom. The van der Waals surface area contributed by atoms with Crippen LogP contribution in [0.15, 0.2) is 66.7 Å². The highest BCUT2D eigenvalue weighted by Gasteiger charge is 2.50. The number of anilines is 1. The van der Waals surface area contributed by atoms with Gasteiger partial charge in [0.05, 0.1) is 6.54 Å². The standard InChI is InChI=1S/C18H17NO2/c1-13-8-10-15(11-9-13)18(21)14(2)12-19(17(18)20)16-6-4-3-5-7-16/h3-11,21H,2,12H2,1H3. The van der Waals surface area contributed by atoms with Gasteiger partial charge in [0.25, 0.3) is 5.91 Å². The molecule has 1 unspecified atom stereocenters. The zero-order valence-corrected chi connectivity index (χ0v) is 11.9. The number of benzene rings is 2. The summed E-state index contributed by atoms with van der Waals surface area (Å²) in [5.41, 5.74) is 1.29. The van der Waals surface area contributed by atoms with E-state index in [9.17, 15) is 9.90 Å². The molecule has 21 heavy (non-hydrogen) atoms. The van der Waals surface area contributed by atoms with Crippen LogP contribution >= 0.6 is 0 Å². The van der Waals surface area contributed by atoms with E-state index in [1.165, 1.54) is 0 Å². The first-order valence-corrected chi connectivity index (χ1v) is 6.88. The van der Waals surface area contributed by atoms with Gasteiger partial charge in [-0.25, -0.2) is 0 Å². The van der Waals surface area contributed by atoms with Gasteiger partial charge in [-0.05, 0) is 30.2 Å². The molecule has 0 aliphatic carbocycles. The molecule has 106 valence electrons. The van der Waals surface area contributed by atoms with E-state index in [-0.39, 0.29) is 5.91 Å². The third kappa shape index (κ3) is 2.06. The summed E-state index contributed by atoms with van der Waals surface area (Å²) in [6.07, 6.45) is 0. The van der Waals surface area contributed by atoms with Gasteiger partial charge >= 0.3 is 0 Å². The van der Waals surface area contributed by atoms with Crippen LogP contribution in [0.1, 0.15) is 11.1 Å². The SMILES string of the molecule is C=C1CN(c2ccccc2)C(=O)C1(O)c1ccc(C)cc1. The first-order valence-electron chi connectivity index (χ1n) is 6.88. The second-order valence-electron chi connectivity index (χ2n) is 5.41. The number of hydrogen-bond donors (Lipinski definition) is 1. The average Bonchev–Trinajstić information content (AvgIpc) is 2.74. The van der Waals surface area contributed by atoms with Crippen LogP contribution in [0.4, 0.5) is 5.69 Å². The van der Waals surface area contributed by atoms with Gasteiger partial charge in [0, 0.05) is 5.69 Å². The number of nitrogens with zero attached hydrogens (tertiary/aromatic N) is 1. The van der Waals surface area contributed by atoms with E-state index in [1.54, 1.807) is 17.0 Å². The first-order chi connectivity index (χ1) is 10.0. The van der Waals surface area contributed by atoms with Crippen LogP contribution in [0.2, 0.25) is 0 Å². The summed E-state index contributed by atoms with van der Waals surface area (Å²) in [6, 6.07) is 16.7. The predicted molar refractivity (Wildman–Crippen MR) is 83.0 cm³/mol. The number of aliphatic hydroxyl groups is 1.